The van der Waals surface area contributed by atoms with E-state index in [0.717, 1.165) is 0 Å². The van der Waals surface area contributed by atoms with Gasteiger partial charge in [-0.15, -0.1) is 0 Å². The van der Waals surface area contributed by atoms with Crippen molar-refractivity contribution in [3.8, 4) is 0 Å². The van der Waals surface area contributed by atoms with Gasteiger partial charge in [-0.3, -0.25) is 0 Å². The van der Waals surface area contributed by atoms with Crippen molar-refractivity contribution < 1.29 is 53.0 Å². The zero-order valence-corrected chi connectivity index (χ0v) is 5.98. The van der Waals surface area contributed by atoms with Gasteiger partial charge in [-0.25, -0.2) is 0 Å². The number of hydrogen-bond acceptors (Lipinski definition) is 0. The summed E-state index contributed by atoms with van der Waals surface area (Å²) >= 11 is 0. The Labute approximate surface area is 60.2 Å². The molecule has 0 aliphatic heterocycles. The van der Waals surface area contributed by atoms with Gasteiger partial charge >= 0.3 is 0 Å². The fourth-order valence-corrected chi connectivity index (χ4v) is 0. The van der Waals surface area contributed by atoms with Crippen LogP contribution in [0.15, 0.2) is 0 Å². The Morgan fingerprint density at radius 1 is 1.00 bits per heavy atom. The largest absolute Gasteiger partial charge is 0.358 e. The maximum Gasteiger partial charge on any atom is 0 e. The Bertz CT molecular complexity index is 8.00. The van der Waals surface area contributed by atoms with Crippen LogP contribution in [0.25, 0.3) is 0 Å². The summed E-state index contributed by atoms with van der Waals surface area (Å²) < 4.78 is 0. The minimum atomic E-state index is 0. The van der Waals surface area contributed by atoms with Crippen LogP contribution in [0.1, 0.15) is 0 Å². The van der Waals surface area contributed by atoms with Gasteiger partial charge in [-0.1, -0.05) is 0 Å². The Balaban J connectivity index is 0. The summed E-state index contributed by atoms with van der Waals surface area (Å²) in [6.07, 6.45) is 0. The summed E-state index contributed by atoms with van der Waals surface area (Å²) in [5, 5.41) is 0. The Hall–Kier alpha value is 1.64. The molecule has 0 atom stereocenters. The minimum absolute atomic E-state index is 0. The van der Waals surface area contributed by atoms with Gasteiger partial charge in [0.05, 0.1) is 0 Å². The fraction of sp³-hybridized carbons (Fsp3) is 0. The summed E-state index contributed by atoms with van der Waals surface area (Å²) in [6.45, 7) is 0. The second-order valence-electron chi connectivity index (χ2n) is 0. The summed E-state index contributed by atoms with van der Waals surface area (Å²) in [5.41, 5.74) is 0. The zero-order chi connectivity index (χ0) is 0. The van der Waals surface area contributed by atoms with E-state index in [4.69, 9.17) is 0 Å². The van der Waals surface area contributed by atoms with Crippen molar-refractivity contribution in [1.29, 1.82) is 0 Å². The van der Waals surface area contributed by atoms with Crippen molar-refractivity contribution in [2.24, 2.45) is 0 Å². The summed E-state index contributed by atoms with van der Waals surface area (Å²) in [5.74, 6) is 0. The average Bonchev–Trinajstić information content (AvgIpc) is 0. The molecule has 0 nitrogen and oxygen atoms in total. The second-order valence-corrected chi connectivity index (χ2v) is 0. The van der Waals surface area contributed by atoms with Crippen LogP contribution in [-0.2, 0) is 53.0 Å². The molecule has 0 aromatic carbocycles. The first kappa shape index (κ1) is 45.2. The van der Waals surface area contributed by atoms with Crippen LogP contribution in [0.2, 0.25) is 0 Å². The number of rotatable bonds is 0. The van der Waals surface area contributed by atoms with Crippen LogP contribution in [0.3, 0.4) is 0 Å². The Morgan fingerprint density at radius 2 is 1.00 bits per heavy atom. The first-order chi connectivity index (χ1) is 0. The summed E-state index contributed by atoms with van der Waals surface area (Å²) in [7, 11) is 0. The molecule has 0 bridgehead atoms. The standard InChI is InChI=1S/CH3.Cr.Fe.V/h1H3;;;/q-1;;;. The van der Waals surface area contributed by atoms with Crippen molar-refractivity contribution in [2.75, 3.05) is 0 Å². The van der Waals surface area contributed by atoms with E-state index < -0.39 is 0 Å². The van der Waals surface area contributed by atoms with Crippen LogP contribution in [0, 0.1) is 7.43 Å². The monoisotopic (exact) mass is 174 g/mol. The minimum Gasteiger partial charge on any atom is -0.358 e. The van der Waals surface area contributed by atoms with Crippen molar-refractivity contribution in [3.63, 3.8) is 0 Å². The van der Waals surface area contributed by atoms with Crippen LogP contribution in [0.5, 0.6) is 0 Å². The van der Waals surface area contributed by atoms with Gasteiger partial charge in [0.15, 0.2) is 0 Å². The summed E-state index contributed by atoms with van der Waals surface area (Å²) in [4.78, 5) is 0. The zero-order valence-electron chi connectivity index (χ0n) is 2.21. The predicted molar refractivity (Wildman–Crippen MR) is 6.41 cm³/mol. The third-order valence-electron chi connectivity index (χ3n) is 0. The first-order valence-electron chi connectivity index (χ1n) is 0. The molecule has 1 radical (unpaired) electrons. The summed E-state index contributed by atoms with van der Waals surface area (Å²) in [6, 6.07) is 0. The van der Waals surface area contributed by atoms with Crippen LogP contribution >= 0.6 is 0 Å². The maximum absolute atomic E-state index is 0. The molecule has 0 N–H and O–H groups in total. The average molecular weight is 174 g/mol. The van der Waals surface area contributed by atoms with E-state index in [2.05, 4.69) is 0 Å². The normalized spacial score (nSPS) is 0. The molecule has 0 aliphatic rings. The maximum atomic E-state index is 0. The molecular weight excluding hydrogens is 171 g/mol. The predicted octanol–water partition coefficient (Wildman–Crippen LogP) is 0.443. The van der Waals surface area contributed by atoms with Gasteiger partial charge in [0.1, 0.15) is 0 Å². The van der Waals surface area contributed by atoms with Crippen LogP contribution in [-0.4, -0.2) is 0 Å². The molecular formula is CH3CrFeV-. The van der Waals surface area contributed by atoms with Crippen molar-refractivity contribution in [1.82, 2.24) is 0 Å². The fourth-order valence-electron chi connectivity index (χ4n) is 0. The van der Waals surface area contributed by atoms with Crippen molar-refractivity contribution in [2.45, 2.75) is 0 Å². The van der Waals surface area contributed by atoms with E-state index in [1.807, 2.05) is 0 Å². The molecule has 0 saturated heterocycles. The van der Waals surface area contributed by atoms with Gasteiger partial charge in [0, 0.05) is 53.0 Å². The van der Waals surface area contributed by atoms with Crippen LogP contribution < -0.4 is 0 Å². The van der Waals surface area contributed by atoms with E-state index in [1.54, 1.807) is 0 Å². The SMILES string of the molecule is [CH3-].[Cr].[Fe].[V]. The number of hydrogen-bond donors (Lipinski definition) is 0. The molecule has 0 aromatic heterocycles. The van der Waals surface area contributed by atoms with E-state index in [-0.39, 0.29) is 60.4 Å². The Kier molecular flexibility index (Phi) is 259. The molecule has 0 aromatic rings. The van der Waals surface area contributed by atoms with Gasteiger partial charge in [0.2, 0.25) is 0 Å². The molecule has 27 valence electrons. The van der Waals surface area contributed by atoms with E-state index in [1.165, 1.54) is 0 Å². The molecule has 0 amide bonds. The van der Waals surface area contributed by atoms with Crippen molar-refractivity contribution in [3.05, 3.63) is 7.43 Å². The smallest absolute Gasteiger partial charge is 0 e. The molecule has 0 rings (SSSR count). The molecule has 0 saturated carbocycles. The topological polar surface area (TPSA) is 0 Å². The van der Waals surface area contributed by atoms with Crippen LogP contribution in [0.4, 0.5) is 0 Å². The van der Waals surface area contributed by atoms with Crippen molar-refractivity contribution >= 4 is 0 Å². The molecule has 4 heavy (non-hydrogen) atoms. The van der Waals surface area contributed by atoms with E-state index in [9.17, 15) is 0 Å². The van der Waals surface area contributed by atoms with Gasteiger partial charge in [-0.2, -0.15) is 0 Å². The second kappa shape index (κ2) is 22.9. The third-order valence-corrected chi connectivity index (χ3v) is 0. The van der Waals surface area contributed by atoms with E-state index in [0.29, 0.717) is 0 Å². The quantitative estimate of drug-likeness (QED) is 0.369. The molecule has 0 spiro atoms. The van der Waals surface area contributed by atoms with E-state index >= 15 is 0 Å². The first-order valence-corrected chi connectivity index (χ1v) is 0. The molecule has 0 aliphatic carbocycles. The third kappa shape index (κ3) is 9.44. The van der Waals surface area contributed by atoms with Gasteiger partial charge < -0.3 is 7.43 Å². The van der Waals surface area contributed by atoms with Gasteiger partial charge in [0.25, 0.3) is 0 Å². The molecule has 0 unspecified atom stereocenters. The van der Waals surface area contributed by atoms with Gasteiger partial charge in [-0.05, 0) is 0 Å². The Morgan fingerprint density at radius 3 is 1.00 bits per heavy atom. The molecule has 0 heterocycles. The molecule has 0 fully saturated rings. The molecule has 3 heteroatoms.